The van der Waals surface area contributed by atoms with Gasteiger partial charge in [0.2, 0.25) is 0 Å². The first-order valence-electron chi connectivity index (χ1n) is 27.8. The second-order valence-corrected chi connectivity index (χ2v) is 24.3. The molecule has 2 aliphatic heterocycles. The molecule has 2 heteroatoms. The molecule has 0 amide bonds. The molecule has 1 atom stereocenters. The highest BCUT2D eigenvalue weighted by Crippen LogP contribution is 2.54. The largest absolute Gasteiger partial charge is 0.341 e. The lowest BCUT2D eigenvalue weighted by Crippen LogP contribution is -2.25. The van der Waals surface area contributed by atoms with Crippen molar-refractivity contribution in [1.82, 2.24) is 0 Å². The second kappa shape index (κ2) is 20.2. The molecule has 3 aliphatic carbocycles. The quantitative estimate of drug-likeness (QED) is 0.0822. The van der Waals surface area contributed by atoms with Gasteiger partial charge < -0.3 is 4.90 Å². The lowest BCUT2D eigenvalue weighted by Gasteiger charge is -2.30. The summed E-state index contributed by atoms with van der Waals surface area (Å²) in [6.45, 7) is 27.2. The number of rotatable bonds is 13. The van der Waals surface area contributed by atoms with Gasteiger partial charge in [0, 0.05) is 40.7 Å². The van der Waals surface area contributed by atoms with Crippen molar-refractivity contribution in [3.05, 3.63) is 245 Å². The molecule has 1 fully saturated rings. The van der Waals surface area contributed by atoms with Crippen LogP contribution >= 0.6 is 7.55 Å². The van der Waals surface area contributed by atoms with Crippen LogP contribution in [0.25, 0.3) is 55.7 Å². The molecule has 12 rings (SSSR count). The van der Waals surface area contributed by atoms with E-state index in [1.165, 1.54) is 149 Å². The van der Waals surface area contributed by atoms with E-state index in [0.717, 1.165) is 13.0 Å². The van der Waals surface area contributed by atoms with Gasteiger partial charge in [0.25, 0.3) is 0 Å². The number of hydrogen-bond donors (Lipinski definition) is 0. The summed E-state index contributed by atoms with van der Waals surface area (Å²) in [5.74, 6) is 0.614. The van der Waals surface area contributed by atoms with E-state index >= 15 is 0 Å². The van der Waals surface area contributed by atoms with E-state index in [9.17, 15) is 0 Å². The summed E-state index contributed by atoms with van der Waals surface area (Å²) in [5, 5.41) is 3.16. The van der Waals surface area contributed by atoms with E-state index in [4.69, 9.17) is 0 Å². The zero-order chi connectivity index (χ0) is 52.2. The topological polar surface area (TPSA) is 3.24 Å². The summed E-state index contributed by atoms with van der Waals surface area (Å²) in [6.07, 6.45) is 22.7. The number of nitrogens with zero attached hydrogens (tertiary/aromatic N) is 1. The summed E-state index contributed by atoms with van der Waals surface area (Å²) in [4.78, 5) is 2.58. The molecular formula is C73H73NP+. The van der Waals surface area contributed by atoms with Crippen LogP contribution in [0, 0.1) is 12.8 Å². The van der Waals surface area contributed by atoms with Gasteiger partial charge in [-0.15, -0.1) is 0 Å². The lowest BCUT2D eigenvalue weighted by atomic mass is 9.74. The van der Waals surface area contributed by atoms with Crippen LogP contribution in [0.3, 0.4) is 0 Å². The van der Waals surface area contributed by atoms with E-state index in [-0.39, 0.29) is 18.4 Å². The third-order valence-corrected chi connectivity index (χ3v) is 20.0. The van der Waals surface area contributed by atoms with Crippen molar-refractivity contribution < 1.29 is 0 Å². The van der Waals surface area contributed by atoms with Crippen molar-refractivity contribution in [1.29, 1.82) is 0 Å². The molecule has 0 N–H and O–H groups in total. The smallest absolute Gasteiger partial charge is 0.160 e. The zero-order valence-corrected chi connectivity index (χ0v) is 46.6. The molecule has 7 aromatic rings. The third-order valence-electron chi connectivity index (χ3n) is 17.4. The molecule has 7 aromatic carbocycles. The monoisotopic (exact) mass is 995 g/mol. The maximum absolute atomic E-state index is 4.26. The van der Waals surface area contributed by atoms with Crippen LogP contribution in [0.1, 0.15) is 125 Å². The fourth-order valence-electron chi connectivity index (χ4n) is 13.2. The minimum atomic E-state index is -0.151. The maximum atomic E-state index is 4.26. The summed E-state index contributed by atoms with van der Waals surface area (Å²) in [6, 6.07) is 53.9. The average Bonchev–Trinajstić information content (AvgIpc) is 3.80. The van der Waals surface area contributed by atoms with E-state index in [1.807, 2.05) is 26.0 Å². The lowest BCUT2D eigenvalue weighted by molar-refractivity contribution is 0.376. The fraction of sp³-hybridized carbons (Fsp3) is 0.247. The molecule has 0 radical (unpaired) electrons. The van der Waals surface area contributed by atoms with Gasteiger partial charge in [-0.25, -0.2) is 0 Å². The standard InChI is InChI=1S/C71H67NP.C2H6/c1-9-19-47(50-33-38-63-60(43-50)58-37-32-52(45-65(58)71(63,7)8)55-24-17-25-56(46(55)4)54(11-3)57(20-10-2)49-21-16-22-49)40-41-72(66-28-18-27-64-69(66)59-23-12-13-26-62(59)70(64,5)6)53-35-30-48(31-36-53)51-34-39-68-61(44-51)67-29-14-15-42-73(67)68;1-2/h9-14,17-20,23-39,43-45,49H,1-2,15-16,21-22,40-42H2,3-8H3;1-2H3/q+1;/b47-19+,54-11-,57-20-;. The first-order chi connectivity index (χ1) is 36.5. The molecule has 1 unspecified atom stereocenters. The molecule has 2 heterocycles. The Morgan fingerprint density at radius 3 is 2.12 bits per heavy atom. The molecule has 374 valence electrons. The molecule has 0 aromatic heterocycles. The van der Waals surface area contributed by atoms with Crippen LogP contribution in [0.5, 0.6) is 0 Å². The van der Waals surface area contributed by atoms with Crippen LogP contribution in [0.15, 0.2) is 201 Å². The molecule has 1 saturated carbocycles. The van der Waals surface area contributed by atoms with Gasteiger partial charge in [-0.05, 0) is 188 Å². The van der Waals surface area contributed by atoms with Gasteiger partial charge in [0.05, 0.1) is 5.56 Å². The summed E-state index contributed by atoms with van der Waals surface area (Å²) >= 11 is 0. The Labute approximate surface area is 449 Å². The van der Waals surface area contributed by atoms with E-state index in [0.29, 0.717) is 5.92 Å². The van der Waals surface area contributed by atoms with Crippen LogP contribution < -0.4 is 10.2 Å². The SMILES string of the molecule is C=C/C=C(\C(=C/C)c1cccc(-c2ccc3c(c2)C(C)(C)c2ccc(/C(=C/C=C)CCN(c4ccc(-c5ccc6c(c5)C5=[P+]6CCC=C5)cc4)c4cccc5c4-c4ccccc4C5(C)C)cc2-3)c1C)C1CCC1.CC. The van der Waals surface area contributed by atoms with Crippen molar-refractivity contribution in [3.8, 4) is 44.5 Å². The number of benzene rings is 7. The molecule has 75 heavy (non-hydrogen) atoms. The molecule has 5 aliphatic rings. The number of allylic oxidation sites excluding steroid dienone is 9. The highest BCUT2D eigenvalue weighted by atomic mass is 31.1. The fourth-order valence-corrected chi connectivity index (χ4v) is 15.7. The Balaban J connectivity index is 0.00000298. The van der Waals surface area contributed by atoms with Gasteiger partial charge >= 0.3 is 0 Å². The number of fused-ring (bicyclic) bond motifs is 9. The van der Waals surface area contributed by atoms with E-state index < -0.39 is 0 Å². The van der Waals surface area contributed by atoms with Crippen molar-refractivity contribution >= 4 is 40.7 Å². The summed E-state index contributed by atoms with van der Waals surface area (Å²) in [5.41, 5.74) is 27.7. The molecular weight excluding hydrogens is 922 g/mol. The normalized spacial score (nSPS) is 17.0. The minimum Gasteiger partial charge on any atom is -0.341 e. The van der Waals surface area contributed by atoms with Crippen molar-refractivity contribution in [2.45, 2.75) is 98.3 Å². The van der Waals surface area contributed by atoms with Gasteiger partial charge in [-0.1, -0.05) is 189 Å². The van der Waals surface area contributed by atoms with Gasteiger partial charge in [0.1, 0.15) is 13.7 Å². The predicted octanol–water partition coefficient (Wildman–Crippen LogP) is 19.7. The first-order valence-corrected chi connectivity index (χ1v) is 29.3. The third kappa shape index (κ3) is 8.44. The number of anilines is 2. The number of hydrogen-bond acceptors (Lipinski definition) is 1. The maximum Gasteiger partial charge on any atom is 0.160 e. The van der Waals surface area contributed by atoms with Crippen molar-refractivity contribution in [2.75, 3.05) is 17.6 Å². The van der Waals surface area contributed by atoms with Gasteiger partial charge in [0.15, 0.2) is 10.6 Å². The zero-order valence-electron chi connectivity index (χ0n) is 45.7. The van der Waals surface area contributed by atoms with Crippen LogP contribution in [0.4, 0.5) is 11.4 Å². The highest BCUT2D eigenvalue weighted by Gasteiger charge is 2.40. The Bertz CT molecular complexity index is 3590. The Hall–Kier alpha value is -7.05. The first kappa shape index (κ1) is 50.1. The van der Waals surface area contributed by atoms with Gasteiger partial charge in [-0.2, -0.15) is 0 Å². The molecule has 0 spiro atoms. The second-order valence-electron chi connectivity index (χ2n) is 22.0. The van der Waals surface area contributed by atoms with Crippen LogP contribution in [-0.4, -0.2) is 18.0 Å². The summed E-state index contributed by atoms with van der Waals surface area (Å²) < 4.78 is 0. The predicted molar refractivity (Wildman–Crippen MR) is 330 cm³/mol. The molecule has 0 bridgehead atoms. The van der Waals surface area contributed by atoms with E-state index in [1.54, 1.807) is 10.6 Å². The Morgan fingerprint density at radius 1 is 0.653 bits per heavy atom. The van der Waals surface area contributed by atoms with Gasteiger partial charge in [-0.3, -0.25) is 0 Å². The highest BCUT2D eigenvalue weighted by molar-refractivity contribution is 7.70. The average molecular weight is 995 g/mol. The van der Waals surface area contributed by atoms with Crippen molar-refractivity contribution in [3.63, 3.8) is 0 Å². The van der Waals surface area contributed by atoms with Crippen LogP contribution in [0.2, 0.25) is 0 Å². The van der Waals surface area contributed by atoms with Crippen LogP contribution in [-0.2, 0) is 10.8 Å². The van der Waals surface area contributed by atoms with Crippen molar-refractivity contribution in [2.24, 2.45) is 5.92 Å². The van der Waals surface area contributed by atoms with E-state index in [2.05, 4.69) is 230 Å². The molecule has 1 nitrogen and oxygen atoms in total. The summed E-state index contributed by atoms with van der Waals surface area (Å²) in [7, 11) is -0.0934. The minimum absolute atomic E-state index is 0.0934. The Kier molecular flexibility index (Phi) is 13.5. The molecule has 0 saturated heterocycles. The Morgan fingerprint density at radius 2 is 1.36 bits per heavy atom.